The molecule has 1 fully saturated rings. The van der Waals surface area contributed by atoms with Gasteiger partial charge in [-0.3, -0.25) is 0 Å². The third-order valence-corrected chi connectivity index (χ3v) is 4.97. The van der Waals surface area contributed by atoms with E-state index in [2.05, 4.69) is 49.3 Å². The Labute approximate surface area is 160 Å². The van der Waals surface area contributed by atoms with Gasteiger partial charge in [-0.1, -0.05) is 12.1 Å². The minimum absolute atomic E-state index is 0.0425. The van der Waals surface area contributed by atoms with Crippen molar-refractivity contribution in [1.29, 1.82) is 0 Å². The number of rotatable bonds is 5. The van der Waals surface area contributed by atoms with E-state index in [1.165, 1.54) is 0 Å². The first-order valence-electron chi connectivity index (χ1n) is 9.36. The topological polar surface area (TPSA) is 61.3 Å². The number of hydrogen-bond acceptors (Lipinski definition) is 5. The number of aromatic nitrogens is 2. The maximum atomic E-state index is 13.3. The van der Waals surface area contributed by atoms with Gasteiger partial charge >= 0.3 is 0 Å². The van der Waals surface area contributed by atoms with Gasteiger partial charge in [0.25, 0.3) is 0 Å². The summed E-state index contributed by atoms with van der Waals surface area (Å²) >= 11 is 0. The smallest absolute Gasteiger partial charge is 0.151 e. The molecule has 6 heteroatoms. The first-order chi connectivity index (χ1) is 12.7. The highest BCUT2D eigenvalue weighted by Gasteiger charge is 2.40. The Morgan fingerprint density at radius 1 is 1.19 bits per heavy atom. The second-order valence-electron chi connectivity index (χ2n) is 8.54. The molecule has 1 aromatic heterocycles. The van der Waals surface area contributed by atoms with Crippen LogP contribution in [0.1, 0.15) is 40.5 Å². The van der Waals surface area contributed by atoms with Crippen LogP contribution in [0.5, 0.6) is 5.75 Å². The summed E-state index contributed by atoms with van der Waals surface area (Å²) in [4.78, 5) is 2.02. The lowest BCUT2D eigenvalue weighted by molar-refractivity contribution is 0.157. The molecule has 1 aromatic carbocycles. The van der Waals surface area contributed by atoms with Crippen LogP contribution in [0, 0.1) is 6.07 Å². The number of nitrogens with zero attached hydrogens (tertiary/aromatic N) is 3. The van der Waals surface area contributed by atoms with Crippen molar-refractivity contribution in [2.24, 2.45) is 0 Å². The first-order valence-corrected chi connectivity index (χ1v) is 9.36. The molecule has 0 saturated carbocycles. The molecular formula is C21H28FN4O. The predicted molar refractivity (Wildman–Crippen MR) is 106 cm³/mol. The Morgan fingerprint density at radius 3 is 2.44 bits per heavy atom. The average Bonchev–Trinajstić information content (AvgIpc) is 2.58. The van der Waals surface area contributed by atoms with E-state index in [-0.39, 0.29) is 29.4 Å². The molecule has 2 N–H and O–H groups in total. The molecule has 145 valence electrons. The van der Waals surface area contributed by atoms with E-state index >= 15 is 0 Å². The summed E-state index contributed by atoms with van der Waals surface area (Å²) < 4.78 is 13.3. The second-order valence-corrected chi connectivity index (χ2v) is 8.54. The van der Waals surface area contributed by atoms with Crippen molar-refractivity contribution in [3.63, 3.8) is 0 Å². The number of benzene rings is 1. The number of nitrogens with one attached hydrogen (secondary N) is 1. The van der Waals surface area contributed by atoms with Gasteiger partial charge in [-0.25, -0.2) is 4.39 Å². The summed E-state index contributed by atoms with van der Waals surface area (Å²) in [5.41, 5.74) is 0.971. The fourth-order valence-corrected chi connectivity index (χ4v) is 4.31. The Bertz CT molecular complexity index is 760. The van der Waals surface area contributed by atoms with Crippen molar-refractivity contribution < 1.29 is 9.50 Å². The molecule has 27 heavy (non-hydrogen) atoms. The van der Waals surface area contributed by atoms with Crippen molar-refractivity contribution in [3.05, 3.63) is 36.4 Å². The summed E-state index contributed by atoms with van der Waals surface area (Å²) in [5.74, 6) is 0.771. The van der Waals surface area contributed by atoms with Crippen LogP contribution < -0.4 is 10.2 Å². The van der Waals surface area contributed by atoms with Gasteiger partial charge in [0, 0.05) is 23.7 Å². The Morgan fingerprint density at radius 2 is 1.89 bits per heavy atom. The zero-order valence-corrected chi connectivity index (χ0v) is 16.5. The molecule has 1 saturated heterocycles. The molecule has 2 heterocycles. The molecule has 0 atom stereocenters. The standard InChI is InChI=1S/C21H28FN4O/c1-20(2)13-15(14-21(3,4)25-20)26(12-11-22)19-10-9-17(23-24-19)16-7-5-6-8-18(16)27/h5-6,8-10,15,25,27H,11-14H2,1-4H3. The van der Waals surface area contributed by atoms with E-state index < -0.39 is 6.67 Å². The SMILES string of the molecule is CC1(C)CC(N(CCF)c2ccc(-c3[c]cccc3O)nn2)CC(C)(C)N1. The molecule has 1 radical (unpaired) electrons. The number of hydrogen-bond donors (Lipinski definition) is 2. The fraction of sp³-hybridized carbons (Fsp3) is 0.524. The van der Waals surface area contributed by atoms with E-state index in [0.717, 1.165) is 12.8 Å². The van der Waals surface area contributed by atoms with Gasteiger partial charge in [0.15, 0.2) is 5.82 Å². The molecule has 0 unspecified atom stereocenters. The van der Waals surface area contributed by atoms with Crippen LogP contribution in [0.25, 0.3) is 11.3 Å². The zero-order valence-electron chi connectivity index (χ0n) is 16.5. The van der Waals surface area contributed by atoms with Crippen molar-refractivity contribution in [3.8, 4) is 17.0 Å². The fourth-order valence-electron chi connectivity index (χ4n) is 4.31. The predicted octanol–water partition coefficient (Wildman–Crippen LogP) is 3.73. The van der Waals surface area contributed by atoms with Gasteiger partial charge in [0.1, 0.15) is 12.4 Å². The molecule has 3 rings (SSSR count). The number of alkyl halides is 1. The highest BCUT2D eigenvalue weighted by Crippen LogP contribution is 2.34. The van der Waals surface area contributed by atoms with Crippen molar-refractivity contribution in [1.82, 2.24) is 15.5 Å². The van der Waals surface area contributed by atoms with Crippen molar-refractivity contribution >= 4 is 5.82 Å². The maximum Gasteiger partial charge on any atom is 0.151 e. The highest BCUT2D eigenvalue weighted by atomic mass is 19.1. The number of halogens is 1. The van der Waals surface area contributed by atoms with Gasteiger partial charge < -0.3 is 15.3 Å². The molecular weight excluding hydrogens is 343 g/mol. The summed E-state index contributed by atoms with van der Waals surface area (Å²) in [6, 6.07) is 11.8. The monoisotopic (exact) mass is 371 g/mol. The number of anilines is 1. The quantitative estimate of drug-likeness (QED) is 0.838. The van der Waals surface area contributed by atoms with E-state index in [4.69, 9.17) is 0 Å². The van der Waals surface area contributed by atoms with Gasteiger partial charge in [0.2, 0.25) is 0 Å². The minimum atomic E-state index is -0.443. The zero-order chi connectivity index (χ0) is 19.7. The lowest BCUT2D eigenvalue weighted by Gasteiger charge is -2.49. The van der Waals surface area contributed by atoms with E-state index in [0.29, 0.717) is 17.1 Å². The molecule has 5 nitrogen and oxygen atoms in total. The number of phenols is 1. The number of aromatic hydroxyl groups is 1. The van der Waals surface area contributed by atoms with Crippen molar-refractivity contribution in [2.75, 3.05) is 18.1 Å². The molecule has 1 aliphatic heterocycles. The average molecular weight is 371 g/mol. The Balaban J connectivity index is 1.88. The minimum Gasteiger partial charge on any atom is -0.507 e. The second kappa shape index (κ2) is 7.43. The van der Waals surface area contributed by atoms with Gasteiger partial charge in [0.05, 0.1) is 11.3 Å². The molecule has 0 spiro atoms. The van der Waals surface area contributed by atoms with Crippen LogP contribution in [0.2, 0.25) is 0 Å². The van der Waals surface area contributed by atoms with Crippen LogP contribution >= 0.6 is 0 Å². The molecule has 0 bridgehead atoms. The third-order valence-electron chi connectivity index (χ3n) is 4.97. The van der Waals surface area contributed by atoms with E-state index in [9.17, 15) is 9.50 Å². The van der Waals surface area contributed by atoms with E-state index in [1.54, 1.807) is 24.3 Å². The van der Waals surface area contributed by atoms with Gasteiger partial charge in [-0.05, 0) is 64.8 Å². The Kier molecular flexibility index (Phi) is 5.38. The summed E-state index contributed by atoms with van der Waals surface area (Å²) in [6.45, 7) is 8.55. The maximum absolute atomic E-state index is 13.3. The highest BCUT2D eigenvalue weighted by molar-refractivity contribution is 5.66. The Hall–Kier alpha value is -2.21. The summed E-state index contributed by atoms with van der Waals surface area (Å²) in [5, 5.41) is 22.2. The van der Waals surface area contributed by atoms with Gasteiger partial charge in [-0.15, -0.1) is 10.2 Å². The van der Waals surface area contributed by atoms with Gasteiger partial charge in [-0.2, -0.15) is 0 Å². The van der Waals surface area contributed by atoms with Crippen LogP contribution in [-0.4, -0.2) is 45.6 Å². The lowest BCUT2D eigenvalue weighted by Crippen LogP contribution is -2.62. The molecule has 1 aliphatic rings. The molecule has 0 amide bonds. The normalized spacial score (nSPS) is 19.0. The molecule has 2 aromatic rings. The summed E-state index contributed by atoms with van der Waals surface area (Å²) in [6.07, 6.45) is 1.79. The first kappa shape index (κ1) is 19.5. The number of phenolic OH excluding ortho intramolecular Hbond substituents is 1. The van der Waals surface area contributed by atoms with Crippen LogP contribution in [0.4, 0.5) is 10.2 Å². The third kappa shape index (κ3) is 4.56. The van der Waals surface area contributed by atoms with Crippen molar-refractivity contribution in [2.45, 2.75) is 57.7 Å². The van der Waals surface area contributed by atoms with E-state index in [1.807, 2.05) is 11.0 Å². The largest absolute Gasteiger partial charge is 0.507 e. The van der Waals surface area contributed by atoms with Crippen LogP contribution in [-0.2, 0) is 0 Å². The molecule has 0 aliphatic carbocycles. The lowest BCUT2D eigenvalue weighted by atomic mass is 9.79. The van der Waals surface area contributed by atoms with Crippen LogP contribution in [0.15, 0.2) is 30.3 Å². The van der Waals surface area contributed by atoms with Crippen LogP contribution in [0.3, 0.4) is 0 Å². The summed E-state index contributed by atoms with van der Waals surface area (Å²) in [7, 11) is 0. The number of piperidine rings is 1.